The van der Waals surface area contributed by atoms with Crippen molar-refractivity contribution in [2.75, 3.05) is 7.11 Å². The van der Waals surface area contributed by atoms with Crippen molar-refractivity contribution in [3.05, 3.63) is 138 Å². The Hall–Kier alpha value is -4.53. The van der Waals surface area contributed by atoms with Gasteiger partial charge in [0.05, 0.1) is 46.0 Å². The summed E-state index contributed by atoms with van der Waals surface area (Å²) in [6, 6.07) is 27.9. The number of fused-ring (bicyclic) bond motifs is 1. The van der Waals surface area contributed by atoms with E-state index in [1.54, 1.807) is 11.5 Å². The van der Waals surface area contributed by atoms with Crippen molar-refractivity contribution in [3.63, 3.8) is 0 Å². The van der Waals surface area contributed by atoms with Crippen LogP contribution in [0.15, 0.2) is 112 Å². The predicted octanol–water partition coefficient (Wildman–Crippen LogP) is 4.91. The highest BCUT2D eigenvalue weighted by atomic mass is 35.5. The van der Waals surface area contributed by atoms with Crippen LogP contribution >= 0.6 is 22.9 Å². The number of thiazole rings is 1. The molecule has 0 bridgehead atoms. The third-order valence-corrected chi connectivity index (χ3v) is 7.93. The van der Waals surface area contributed by atoms with E-state index in [0.717, 1.165) is 28.2 Å². The summed E-state index contributed by atoms with van der Waals surface area (Å²) in [5.41, 5.74) is 4.63. The second-order valence-corrected chi connectivity index (χ2v) is 10.6. The molecule has 7 nitrogen and oxygen atoms in total. The highest BCUT2D eigenvalue weighted by Crippen LogP contribution is 2.30. The fourth-order valence-electron chi connectivity index (χ4n) is 4.81. The average molecular weight is 567 g/mol. The number of ether oxygens (including phenoxy) is 1. The number of benzene rings is 3. The largest absolute Gasteiger partial charge is 0.466 e. The fourth-order valence-corrected chi connectivity index (χ4v) is 5.97. The number of aromatic nitrogens is 3. The lowest BCUT2D eigenvalue weighted by Gasteiger charge is -2.24. The summed E-state index contributed by atoms with van der Waals surface area (Å²) in [7, 11) is 1.33. The first-order valence-corrected chi connectivity index (χ1v) is 13.7. The molecule has 1 aliphatic rings. The first-order valence-electron chi connectivity index (χ1n) is 12.5. The van der Waals surface area contributed by atoms with Gasteiger partial charge in [-0.1, -0.05) is 83.6 Å². The number of rotatable bonds is 5. The number of methoxy groups -OCH3 is 1. The van der Waals surface area contributed by atoms with Gasteiger partial charge in [0.15, 0.2) is 4.80 Å². The molecule has 0 unspecified atom stereocenters. The van der Waals surface area contributed by atoms with Gasteiger partial charge in [-0.2, -0.15) is 5.10 Å². The molecule has 9 heteroatoms. The van der Waals surface area contributed by atoms with Crippen LogP contribution in [0.2, 0.25) is 5.02 Å². The lowest BCUT2D eigenvalue weighted by Crippen LogP contribution is -2.39. The van der Waals surface area contributed by atoms with Crippen molar-refractivity contribution in [1.82, 2.24) is 14.3 Å². The lowest BCUT2D eigenvalue weighted by atomic mass is 9.96. The Kier molecular flexibility index (Phi) is 6.79. The highest BCUT2D eigenvalue weighted by molar-refractivity contribution is 7.07. The molecule has 0 fully saturated rings. The van der Waals surface area contributed by atoms with Crippen LogP contribution in [0.1, 0.15) is 24.2 Å². The minimum atomic E-state index is -0.657. The zero-order valence-electron chi connectivity index (χ0n) is 21.6. The van der Waals surface area contributed by atoms with Crippen molar-refractivity contribution in [1.29, 1.82) is 0 Å². The Morgan fingerprint density at radius 2 is 1.68 bits per heavy atom. The summed E-state index contributed by atoms with van der Waals surface area (Å²) in [5.74, 6) is -0.515. The van der Waals surface area contributed by atoms with Crippen LogP contribution < -0.4 is 14.9 Å². The zero-order valence-corrected chi connectivity index (χ0v) is 23.2. The van der Waals surface area contributed by atoms with Crippen molar-refractivity contribution < 1.29 is 9.53 Å². The topological polar surface area (TPSA) is 78.5 Å². The lowest BCUT2D eigenvalue weighted by molar-refractivity contribution is -0.136. The minimum absolute atomic E-state index is 0.250. The maximum absolute atomic E-state index is 14.0. The molecule has 0 spiro atoms. The number of hydrogen-bond acceptors (Lipinski definition) is 6. The minimum Gasteiger partial charge on any atom is -0.466 e. The molecule has 1 atom stereocenters. The van der Waals surface area contributed by atoms with Gasteiger partial charge < -0.3 is 4.74 Å². The van der Waals surface area contributed by atoms with Crippen LogP contribution in [0.3, 0.4) is 0 Å². The number of halogens is 1. The zero-order chi connectivity index (χ0) is 27.8. The summed E-state index contributed by atoms with van der Waals surface area (Å²) in [4.78, 5) is 32.0. The Balaban J connectivity index is 1.56. The van der Waals surface area contributed by atoms with Gasteiger partial charge in [0.2, 0.25) is 0 Å². The van der Waals surface area contributed by atoms with Gasteiger partial charge >= 0.3 is 5.97 Å². The Morgan fingerprint density at radius 1 is 1.00 bits per heavy atom. The quantitative estimate of drug-likeness (QED) is 0.283. The molecule has 0 aliphatic carbocycles. The van der Waals surface area contributed by atoms with E-state index in [-0.39, 0.29) is 5.56 Å². The molecule has 3 aromatic carbocycles. The van der Waals surface area contributed by atoms with Gasteiger partial charge in [-0.15, -0.1) is 0 Å². The number of carbonyl (C=O) groups excluding carboxylic acids is 1. The maximum atomic E-state index is 14.0. The van der Waals surface area contributed by atoms with E-state index in [9.17, 15) is 9.59 Å². The third kappa shape index (κ3) is 4.61. The molecule has 0 N–H and O–H groups in total. The third-order valence-electron chi connectivity index (χ3n) is 6.70. The Labute approximate surface area is 238 Å². The van der Waals surface area contributed by atoms with Gasteiger partial charge in [-0.25, -0.2) is 14.5 Å². The number of nitrogens with zero attached hydrogens (tertiary/aromatic N) is 4. The molecule has 2 aromatic heterocycles. The van der Waals surface area contributed by atoms with Crippen LogP contribution in [0.25, 0.3) is 23.0 Å². The summed E-state index contributed by atoms with van der Waals surface area (Å²) < 4.78 is 8.95. The molecule has 5 aromatic rings. The van der Waals surface area contributed by atoms with Crippen molar-refractivity contribution in [2.45, 2.75) is 13.0 Å². The first-order chi connectivity index (χ1) is 19.4. The molecule has 6 rings (SSSR count). The molecule has 0 radical (unpaired) electrons. The molecular formula is C31H23ClN4O3S. The van der Waals surface area contributed by atoms with E-state index >= 15 is 0 Å². The predicted molar refractivity (Wildman–Crippen MR) is 156 cm³/mol. The normalized spacial score (nSPS) is 15.1. The van der Waals surface area contributed by atoms with E-state index in [4.69, 9.17) is 21.4 Å². The van der Waals surface area contributed by atoms with E-state index in [2.05, 4.69) is 4.99 Å². The summed E-state index contributed by atoms with van der Waals surface area (Å²) in [6.07, 6.45) is 1.82. The fraction of sp³-hybridized carbons (Fsp3) is 0.0968. The smallest absolute Gasteiger partial charge is 0.338 e. The highest BCUT2D eigenvalue weighted by Gasteiger charge is 2.33. The molecule has 0 saturated heterocycles. The standard InChI is InChI=1S/C31H23ClN4O3S/c1-19-27(30(38)39-2)28(21-9-5-3-6-10-21)35-29(37)26(40-31(35)33-19)18-24-17-25(20-13-15-22(32)16-14-20)34-36(24)23-11-7-4-8-12-23/h3-18,28H,1-2H3/b26-18+/t28-/m0/s1. The number of allylic oxidation sites excluding steroid dienone is 1. The van der Waals surface area contributed by atoms with Gasteiger partial charge in [-0.3, -0.25) is 9.36 Å². The molecule has 198 valence electrons. The average Bonchev–Trinajstić information content (AvgIpc) is 3.54. The Bertz CT molecular complexity index is 1940. The SMILES string of the molecule is COC(=O)C1=C(C)N=c2s/c(=C/c3cc(-c4ccc(Cl)cc4)nn3-c3ccccc3)c(=O)n2[C@H]1c1ccccc1. The van der Waals surface area contributed by atoms with E-state index in [0.29, 0.717) is 25.6 Å². The summed E-state index contributed by atoms with van der Waals surface area (Å²) in [5, 5.41) is 5.50. The number of para-hydroxylation sites is 1. The molecule has 40 heavy (non-hydrogen) atoms. The molecule has 0 saturated carbocycles. The van der Waals surface area contributed by atoms with Crippen LogP contribution in [0.4, 0.5) is 0 Å². The van der Waals surface area contributed by atoms with Crippen molar-refractivity contribution >= 4 is 35.0 Å². The number of hydrogen-bond donors (Lipinski definition) is 0. The van der Waals surface area contributed by atoms with Crippen molar-refractivity contribution in [3.8, 4) is 16.9 Å². The molecule has 3 heterocycles. The second kappa shape index (κ2) is 10.6. The van der Waals surface area contributed by atoms with Crippen LogP contribution in [0, 0.1) is 0 Å². The van der Waals surface area contributed by atoms with E-state index in [1.165, 1.54) is 18.4 Å². The van der Waals surface area contributed by atoms with E-state index in [1.807, 2.05) is 102 Å². The maximum Gasteiger partial charge on any atom is 0.338 e. The van der Waals surface area contributed by atoms with Crippen LogP contribution in [0.5, 0.6) is 0 Å². The Morgan fingerprint density at radius 3 is 2.35 bits per heavy atom. The van der Waals surface area contributed by atoms with Gasteiger partial charge in [0.25, 0.3) is 5.56 Å². The van der Waals surface area contributed by atoms with E-state index < -0.39 is 12.0 Å². The summed E-state index contributed by atoms with van der Waals surface area (Å²) in [6.45, 7) is 1.77. The van der Waals surface area contributed by atoms with Crippen molar-refractivity contribution in [2.24, 2.45) is 4.99 Å². The molecular weight excluding hydrogens is 544 g/mol. The van der Waals surface area contributed by atoms with Gasteiger partial charge in [0, 0.05) is 10.6 Å². The van der Waals surface area contributed by atoms with Gasteiger partial charge in [0.1, 0.15) is 0 Å². The first kappa shape index (κ1) is 25.7. The number of carbonyl (C=O) groups is 1. The monoisotopic (exact) mass is 566 g/mol. The summed E-state index contributed by atoms with van der Waals surface area (Å²) >= 11 is 7.38. The second-order valence-electron chi connectivity index (χ2n) is 9.19. The number of esters is 1. The molecule has 0 amide bonds. The molecule has 1 aliphatic heterocycles. The van der Waals surface area contributed by atoms with Crippen LogP contribution in [-0.4, -0.2) is 27.4 Å². The van der Waals surface area contributed by atoms with Gasteiger partial charge in [-0.05, 0) is 48.9 Å². The van der Waals surface area contributed by atoms with Crippen LogP contribution in [-0.2, 0) is 9.53 Å².